The van der Waals surface area contributed by atoms with Gasteiger partial charge in [-0.2, -0.15) is 5.10 Å². The Labute approximate surface area is 135 Å². The van der Waals surface area contributed by atoms with Crippen molar-refractivity contribution in [3.05, 3.63) is 48.3 Å². The predicted molar refractivity (Wildman–Crippen MR) is 86.4 cm³/mol. The third-order valence-electron chi connectivity index (χ3n) is 3.30. The minimum Gasteiger partial charge on any atom is -0.452 e. The number of rotatable bonds is 7. The Hall–Kier alpha value is -2.63. The molecule has 23 heavy (non-hydrogen) atoms. The van der Waals surface area contributed by atoms with Crippen molar-refractivity contribution < 1.29 is 14.3 Å². The number of carbonyl (C=O) groups excluding carboxylic acids is 2. The van der Waals surface area contributed by atoms with Gasteiger partial charge >= 0.3 is 5.97 Å². The number of amides is 1. The average Bonchev–Trinajstić information content (AvgIpc) is 3.03. The molecule has 1 aromatic carbocycles. The highest BCUT2D eigenvalue weighted by atomic mass is 16.5. The maximum Gasteiger partial charge on any atom is 0.341 e. The molecule has 1 aromatic heterocycles. The molecule has 1 heterocycles. The van der Waals surface area contributed by atoms with Crippen molar-refractivity contribution in [1.82, 2.24) is 15.1 Å². The lowest BCUT2D eigenvalue weighted by Gasteiger charge is -2.12. The van der Waals surface area contributed by atoms with Crippen molar-refractivity contribution in [2.45, 2.75) is 32.7 Å². The predicted octanol–water partition coefficient (Wildman–Crippen LogP) is 2.33. The van der Waals surface area contributed by atoms with Crippen LogP contribution in [0.15, 0.2) is 42.7 Å². The Kier molecular flexibility index (Phi) is 5.91. The molecule has 0 radical (unpaired) electrons. The Morgan fingerprint density at radius 3 is 2.74 bits per heavy atom. The Morgan fingerprint density at radius 1 is 1.30 bits per heavy atom. The number of para-hydroxylation sites is 1. The molecule has 0 spiro atoms. The van der Waals surface area contributed by atoms with Gasteiger partial charge in [0.1, 0.15) is 0 Å². The topological polar surface area (TPSA) is 73.2 Å². The summed E-state index contributed by atoms with van der Waals surface area (Å²) in [7, 11) is 0. The summed E-state index contributed by atoms with van der Waals surface area (Å²) in [5.41, 5.74) is 1.15. The fraction of sp³-hybridized carbons (Fsp3) is 0.353. The number of carbonyl (C=O) groups is 2. The molecule has 0 saturated carbocycles. The third kappa shape index (κ3) is 4.95. The highest BCUT2D eigenvalue weighted by Gasteiger charge is 2.14. The maximum absolute atomic E-state index is 11.9. The highest BCUT2D eigenvalue weighted by Crippen LogP contribution is 2.08. The molecule has 2 aromatic rings. The van der Waals surface area contributed by atoms with Crippen molar-refractivity contribution in [3.63, 3.8) is 0 Å². The summed E-state index contributed by atoms with van der Waals surface area (Å²) in [6, 6.07) is 9.51. The molecular weight excluding hydrogens is 294 g/mol. The zero-order chi connectivity index (χ0) is 16.7. The van der Waals surface area contributed by atoms with E-state index in [2.05, 4.69) is 10.4 Å². The van der Waals surface area contributed by atoms with E-state index in [-0.39, 0.29) is 18.6 Å². The summed E-state index contributed by atoms with van der Waals surface area (Å²) in [6.45, 7) is 3.68. The van der Waals surface area contributed by atoms with Crippen LogP contribution in [-0.2, 0) is 9.53 Å². The molecule has 0 bridgehead atoms. The standard InChI is InChI=1S/C17H21N3O3/c1-3-7-13(2)19-16(21)12-23-17(22)14-10-18-20(11-14)15-8-5-4-6-9-15/h4-6,8-11,13H,3,7,12H2,1-2H3,(H,19,21)/t13-/m0/s1. The van der Waals surface area contributed by atoms with Gasteiger partial charge in [-0.3, -0.25) is 4.79 Å². The Morgan fingerprint density at radius 2 is 2.04 bits per heavy atom. The lowest BCUT2D eigenvalue weighted by molar-refractivity contribution is -0.124. The molecule has 0 fully saturated rings. The van der Waals surface area contributed by atoms with Crippen LogP contribution in [0.4, 0.5) is 0 Å². The molecule has 122 valence electrons. The van der Waals surface area contributed by atoms with Gasteiger partial charge in [0.2, 0.25) is 0 Å². The monoisotopic (exact) mass is 315 g/mol. The SMILES string of the molecule is CCC[C@H](C)NC(=O)COC(=O)c1cnn(-c2ccccc2)c1. The number of hydrogen-bond donors (Lipinski definition) is 1. The summed E-state index contributed by atoms with van der Waals surface area (Å²) in [5.74, 6) is -0.861. The van der Waals surface area contributed by atoms with E-state index in [1.807, 2.05) is 44.2 Å². The van der Waals surface area contributed by atoms with Gasteiger partial charge < -0.3 is 10.1 Å². The summed E-state index contributed by atoms with van der Waals surface area (Å²) in [4.78, 5) is 23.6. The van der Waals surface area contributed by atoms with E-state index in [9.17, 15) is 9.59 Å². The number of nitrogens with zero attached hydrogens (tertiary/aromatic N) is 2. The van der Waals surface area contributed by atoms with Crippen molar-refractivity contribution in [1.29, 1.82) is 0 Å². The van der Waals surface area contributed by atoms with Crippen LogP contribution >= 0.6 is 0 Å². The number of esters is 1. The van der Waals surface area contributed by atoms with Crippen LogP contribution in [0.2, 0.25) is 0 Å². The number of ether oxygens (including phenoxy) is 1. The van der Waals surface area contributed by atoms with Crippen molar-refractivity contribution in [2.75, 3.05) is 6.61 Å². The molecule has 0 aliphatic carbocycles. The lowest BCUT2D eigenvalue weighted by atomic mass is 10.2. The van der Waals surface area contributed by atoms with Crippen LogP contribution in [0.1, 0.15) is 37.0 Å². The molecule has 1 atom stereocenters. The number of benzene rings is 1. The van der Waals surface area contributed by atoms with Gasteiger partial charge in [0.05, 0.1) is 17.4 Å². The van der Waals surface area contributed by atoms with E-state index >= 15 is 0 Å². The molecule has 0 saturated heterocycles. The van der Waals surface area contributed by atoms with E-state index in [0.717, 1.165) is 18.5 Å². The maximum atomic E-state index is 11.9. The van der Waals surface area contributed by atoms with E-state index in [4.69, 9.17) is 4.74 Å². The highest BCUT2D eigenvalue weighted by molar-refractivity contribution is 5.90. The summed E-state index contributed by atoms with van der Waals surface area (Å²) < 4.78 is 6.60. The molecule has 1 N–H and O–H groups in total. The summed E-state index contributed by atoms with van der Waals surface area (Å²) in [6.07, 6.45) is 4.88. The summed E-state index contributed by atoms with van der Waals surface area (Å²) in [5, 5.41) is 6.90. The first kappa shape index (κ1) is 16.7. The van der Waals surface area contributed by atoms with Gasteiger partial charge in [-0.25, -0.2) is 9.48 Å². The number of hydrogen-bond acceptors (Lipinski definition) is 4. The Bertz CT molecular complexity index is 652. The molecule has 0 aliphatic rings. The molecule has 6 heteroatoms. The van der Waals surface area contributed by atoms with Crippen LogP contribution in [-0.4, -0.2) is 34.3 Å². The smallest absolute Gasteiger partial charge is 0.341 e. The van der Waals surface area contributed by atoms with Gasteiger partial charge in [-0.15, -0.1) is 0 Å². The quantitative estimate of drug-likeness (QED) is 0.796. The van der Waals surface area contributed by atoms with Crippen molar-refractivity contribution >= 4 is 11.9 Å². The third-order valence-corrected chi connectivity index (χ3v) is 3.30. The van der Waals surface area contributed by atoms with Crippen LogP contribution in [0.5, 0.6) is 0 Å². The summed E-state index contributed by atoms with van der Waals surface area (Å²) >= 11 is 0. The molecular formula is C17H21N3O3. The average molecular weight is 315 g/mol. The zero-order valence-corrected chi connectivity index (χ0v) is 13.4. The normalized spacial score (nSPS) is 11.7. The Balaban J connectivity index is 1.87. The lowest BCUT2D eigenvalue weighted by Crippen LogP contribution is -2.35. The first-order valence-corrected chi connectivity index (χ1v) is 7.66. The second-order valence-electron chi connectivity index (χ2n) is 5.34. The van der Waals surface area contributed by atoms with Gasteiger partial charge in [-0.1, -0.05) is 31.5 Å². The second-order valence-corrected chi connectivity index (χ2v) is 5.34. The van der Waals surface area contributed by atoms with Crippen LogP contribution in [0, 0.1) is 0 Å². The van der Waals surface area contributed by atoms with Gasteiger partial charge in [0, 0.05) is 12.2 Å². The number of nitrogens with one attached hydrogen (secondary N) is 1. The molecule has 2 rings (SSSR count). The molecule has 0 unspecified atom stereocenters. The van der Waals surface area contributed by atoms with Gasteiger partial charge in [-0.05, 0) is 25.5 Å². The first-order chi connectivity index (χ1) is 11.1. The van der Waals surface area contributed by atoms with E-state index in [0.29, 0.717) is 5.56 Å². The fourth-order valence-corrected chi connectivity index (χ4v) is 2.19. The molecule has 1 amide bonds. The minimum atomic E-state index is -0.564. The van der Waals surface area contributed by atoms with E-state index < -0.39 is 5.97 Å². The van der Waals surface area contributed by atoms with Crippen LogP contribution < -0.4 is 5.32 Å². The van der Waals surface area contributed by atoms with Gasteiger partial charge in [0.25, 0.3) is 5.91 Å². The molecule has 6 nitrogen and oxygen atoms in total. The minimum absolute atomic E-state index is 0.0760. The van der Waals surface area contributed by atoms with Crippen molar-refractivity contribution in [2.24, 2.45) is 0 Å². The zero-order valence-electron chi connectivity index (χ0n) is 13.4. The van der Waals surface area contributed by atoms with E-state index in [1.165, 1.54) is 6.20 Å². The molecule has 0 aliphatic heterocycles. The fourth-order valence-electron chi connectivity index (χ4n) is 2.19. The van der Waals surface area contributed by atoms with Gasteiger partial charge in [0.15, 0.2) is 6.61 Å². The van der Waals surface area contributed by atoms with Crippen molar-refractivity contribution in [3.8, 4) is 5.69 Å². The van der Waals surface area contributed by atoms with Crippen LogP contribution in [0.25, 0.3) is 5.69 Å². The second kappa shape index (κ2) is 8.12. The first-order valence-electron chi connectivity index (χ1n) is 7.66. The largest absolute Gasteiger partial charge is 0.452 e. The number of aromatic nitrogens is 2. The van der Waals surface area contributed by atoms with Crippen LogP contribution in [0.3, 0.4) is 0 Å². The van der Waals surface area contributed by atoms with E-state index in [1.54, 1.807) is 10.9 Å².